The summed E-state index contributed by atoms with van der Waals surface area (Å²) in [6.07, 6.45) is 2.41. The maximum atomic E-state index is 11.5. The highest BCUT2D eigenvalue weighted by atomic mass is 79.9. The van der Waals surface area contributed by atoms with Crippen LogP contribution >= 0.6 is 15.9 Å². The van der Waals surface area contributed by atoms with E-state index in [1.807, 2.05) is 19.1 Å². The van der Waals surface area contributed by atoms with Gasteiger partial charge in [0.15, 0.2) is 0 Å². The fourth-order valence-electron chi connectivity index (χ4n) is 3.19. The molecule has 0 spiro atoms. The van der Waals surface area contributed by atoms with Gasteiger partial charge in [0.1, 0.15) is 5.75 Å². The molecular weight excluding hydrogens is 334 g/mol. The summed E-state index contributed by atoms with van der Waals surface area (Å²) in [5, 5.41) is 19.6. The molecule has 1 aliphatic heterocycles. The third-order valence-corrected chi connectivity index (χ3v) is 4.91. The Kier molecular flexibility index (Phi) is 4.94. The number of rotatable bonds is 4. The molecule has 0 aliphatic carbocycles. The second-order valence-corrected chi connectivity index (χ2v) is 6.98. The third kappa shape index (κ3) is 3.40. The van der Waals surface area contributed by atoms with Crippen molar-refractivity contribution in [3.05, 3.63) is 28.2 Å². The first-order valence-corrected chi connectivity index (χ1v) is 8.12. The van der Waals surface area contributed by atoms with Crippen molar-refractivity contribution in [3.63, 3.8) is 0 Å². The van der Waals surface area contributed by atoms with Crippen LogP contribution in [0.3, 0.4) is 0 Å². The summed E-state index contributed by atoms with van der Waals surface area (Å²) in [5.41, 5.74) is 0.161. The molecular formula is C16H22BrNO3. The molecule has 0 saturated carbocycles. The van der Waals surface area contributed by atoms with Gasteiger partial charge < -0.3 is 10.2 Å². The Morgan fingerprint density at radius 1 is 1.52 bits per heavy atom. The van der Waals surface area contributed by atoms with Crippen LogP contribution < -0.4 is 0 Å². The van der Waals surface area contributed by atoms with Crippen LogP contribution in [0, 0.1) is 5.41 Å². The number of carbonyl (C=O) groups is 1. The molecule has 1 fully saturated rings. The summed E-state index contributed by atoms with van der Waals surface area (Å²) in [7, 11) is 0. The van der Waals surface area contributed by atoms with Gasteiger partial charge in [-0.3, -0.25) is 9.69 Å². The lowest BCUT2D eigenvalue weighted by atomic mass is 9.81. The molecule has 1 heterocycles. The maximum Gasteiger partial charge on any atom is 0.310 e. The van der Waals surface area contributed by atoms with Gasteiger partial charge in [0.25, 0.3) is 0 Å². The predicted molar refractivity (Wildman–Crippen MR) is 85.4 cm³/mol. The number of piperidine rings is 1. The second-order valence-electron chi connectivity index (χ2n) is 6.07. The SMILES string of the molecule is CCC(c1cc(Br)ccc1O)N1CCCC(C)(C(=O)O)C1. The smallest absolute Gasteiger partial charge is 0.310 e. The summed E-state index contributed by atoms with van der Waals surface area (Å²) in [4.78, 5) is 13.7. The van der Waals surface area contributed by atoms with Crippen LogP contribution in [-0.2, 0) is 4.79 Å². The van der Waals surface area contributed by atoms with Crippen molar-refractivity contribution in [2.24, 2.45) is 5.41 Å². The first-order chi connectivity index (χ1) is 9.87. The highest BCUT2D eigenvalue weighted by Crippen LogP contribution is 2.38. The number of aliphatic carboxylic acids is 1. The van der Waals surface area contributed by atoms with E-state index < -0.39 is 11.4 Å². The molecule has 2 unspecified atom stereocenters. The fraction of sp³-hybridized carbons (Fsp3) is 0.562. The summed E-state index contributed by atoms with van der Waals surface area (Å²) in [6.45, 7) is 5.27. The largest absolute Gasteiger partial charge is 0.508 e. The molecule has 2 rings (SSSR count). The van der Waals surface area contributed by atoms with Crippen molar-refractivity contribution in [2.75, 3.05) is 13.1 Å². The number of hydrogen-bond acceptors (Lipinski definition) is 3. The molecule has 1 aromatic rings. The zero-order valence-electron chi connectivity index (χ0n) is 12.5. The Morgan fingerprint density at radius 2 is 2.24 bits per heavy atom. The van der Waals surface area contributed by atoms with Crippen molar-refractivity contribution in [1.29, 1.82) is 0 Å². The molecule has 1 aromatic carbocycles. The molecule has 2 N–H and O–H groups in total. The molecule has 5 heteroatoms. The number of phenolic OH excluding ortho intramolecular Hbond substituents is 1. The van der Waals surface area contributed by atoms with Crippen molar-refractivity contribution in [3.8, 4) is 5.75 Å². The molecule has 0 amide bonds. The van der Waals surface area contributed by atoms with E-state index in [1.54, 1.807) is 6.07 Å². The average molecular weight is 356 g/mol. The van der Waals surface area contributed by atoms with Gasteiger partial charge in [0.05, 0.1) is 5.41 Å². The van der Waals surface area contributed by atoms with E-state index in [4.69, 9.17) is 0 Å². The van der Waals surface area contributed by atoms with Crippen molar-refractivity contribution < 1.29 is 15.0 Å². The summed E-state index contributed by atoms with van der Waals surface area (Å²) in [5.74, 6) is -0.465. The maximum absolute atomic E-state index is 11.5. The molecule has 4 nitrogen and oxygen atoms in total. The minimum Gasteiger partial charge on any atom is -0.508 e. The molecule has 0 radical (unpaired) electrons. The first kappa shape index (κ1) is 16.3. The zero-order valence-corrected chi connectivity index (χ0v) is 14.1. The number of halogens is 1. The molecule has 1 aliphatic rings. The van der Waals surface area contributed by atoms with Gasteiger partial charge in [-0.1, -0.05) is 22.9 Å². The Morgan fingerprint density at radius 3 is 2.86 bits per heavy atom. The molecule has 21 heavy (non-hydrogen) atoms. The van der Waals surface area contributed by atoms with Gasteiger partial charge in [-0.05, 0) is 50.9 Å². The average Bonchev–Trinajstić information content (AvgIpc) is 2.43. The fourth-order valence-corrected chi connectivity index (χ4v) is 3.57. The van der Waals surface area contributed by atoms with Gasteiger partial charge >= 0.3 is 5.97 Å². The number of likely N-dealkylation sites (tertiary alicyclic amines) is 1. The van der Waals surface area contributed by atoms with Gasteiger partial charge in [-0.15, -0.1) is 0 Å². The lowest BCUT2D eigenvalue weighted by molar-refractivity contribution is -0.151. The summed E-state index contributed by atoms with van der Waals surface area (Å²) >= 11 is 3.44. The topological polar surface area (TPSA) is 60.8 Å². The van der Waals surface area contributed by atoms with E-state index in [0.29, 0.717) is 13.0 Å². The normalized spacial score (nSPS) is 24.7. The minimum atomic E-state index is -0.736. The van der Waals surface area contributed by atoms with Gasteiger partial charge in [-0.2, -0.15) is 0 Å². The van der Waals surface area contributed by atoms with E-state index in [-0.39, 0.29) is 11.8 Å². The Hall–Kier alpha value is -1.07. The summed E-state index contributed by atoms with van der Waals surface area (Å²) in [6, 6.07) is 5.46. The third-order valence-electron chi connectivity index (χ3n) is 4.42. The highest BCUT2D eigenvalue weighted by Gasteiger charge is 2.40. The lowest BCUT2D eigenvalue weighted by Crippen LogP contribution is -2.47. The van der Waals surface area contributed by atoms with E-state index in [2.05, 4.69) is 27.8 Å². The molecule has 0 bridgehead atoms. The van der Waals surface area contributed by atoms with Crippen molar-refractivity contribution in [1.82, 2.24) is 4.90 Å². The van der Waals surface area contributed by atoms with Crippen LogP contribution in [0.25, 0.3) is 0 Å². The molecule has 0 aromatic heterocycles. The number of carboxylic acids is 1. The Labute approximate surface area is 133 Å². The predicted octanol–water partition coefficient (Wildman–Crippen LogP) is 3.79. The molecule has 116 valence electrons. The number of carboxylic acid groups (broad SMARTS) is 1. The van der Waals surface area contributed by atoms with Gasteiger partial charge in [0.2, 0.25) is 0 Å². The van der Waals surface area contributed by atoms with Crippen LogP contribution in [0.4, 0.5) is 0 Å². The van der Waals surface area contributed by atoms with Crippen LogP contribution in [0.2, 0.25) is 0 Å². The molecule has 2 atom stereocenters. The van der Waals surface area contributed by atoms with Gasteiger partial charge in [-0.25, -0.2) is 0 Å². The minimum absolute atomic E-state index is 0.0430. The number of phenols is 1. The van der Waals surface area contributed by atoms with Crippen molar-refractivity contribution in [2.45, 2.75) is 39.2 Å². The number of benzene rings is 1. The Balaban J connectivity index is 2.29. The first-order valence-electron chi connectivity index (χ1n) is 7.33. The van der Waals surface area contributed by atoms with Crippen molar-refractivity contribution >= 4 is 21.9 Å². The van der Waals surface area contributed by atoms with Crippen LogP contribution in [0.5, 0.6) is 5.75 Å². The number of nitrogens with zero attached hydrogens (tertiary/aromatic N) is 1. The van der Waals surface area contributed by atoms with E-state index in [9.17, 15) is 15.0 Å². The second kappa shape index (κ2) is 6.36. The summed E-state index contributed by atoms with van der Waals surface area (Å²) < 4.78 is 0.923. The molecule has 1 saturated heterocycles. The van der Waals surface area contributed by atoms with E-state index in [0.717, 1.165) is 29.4 Å². The van der Waals surface area contributed by atoms with E-state index in [1.165, 1.54) is 0 Å². The lowest BCUT2D eigenvalue weighted by Gasteiger charge is -2.41. The van der Waals surface area contributed by atoms with Crippen LogP contribution in [0.1, 0.15) is 44.7 Å². The monoisotopic (exact) mass is 355 g/mol. The highest BCUT2D eigenvalue weighted by molar-refractivity contribution is 9.10. The quantitative estimate of drug-likeness (QED) is 0.862. The number of aromatic hydroxyl groups is 1. The van der Waals surface area contributed by atoms with Gasteiger partial charge in [0, 0.05) is 22.6 Å². The van der Waals surface area contributed by atoms with E-state index >= 15 is 0 Å². The number of hydrogen-bond donors (Lipinski definition) is 2. The Bertz CT molecular complexity index is 534. The van der Waals surface area contributed by atoms with Crippen LogP contribution in [0.15, 0.2) is 22.7 Å². The zero-order chi connectivity index (χ0) is 15.6. The van der Waals surface area contributed by atoms with Crippen LogP contribution in [-0.4, -0.2) is 34.2 Å². The standard InChI is InChI=1S/C16H22BrNO3/c1-3-13(12-9-11(17)5-6-14(12)19)18-8-4-7-16(2,10-18)15(20)21/h5-6,9,13,19H,3-4,7-8,10H2,1-2H3,(H,20,21).